The van der Waals surface area contributed by atoms with Gasteiger partial charge < -0.3 is 19.8 Å². The van der Waals surface area contributed by atoms with Crippen LogP contribution in [0.25, 0.3) is 0 Å². The smallest absolute Gasteiger partial charge is 0.366 e. The van der Waals surface area contributed by atoms with Gasteiger partial charge in [0, 0.05) is 19.2 Å². The third-order valence-electron chi connectivity index (χ3n) is 3.93. The molecule has 0 amide bonds. The summed E-state index contributed by atoms with van der Waals surface area (Å²) in [4.78, 5) is 16.6. The molecule has 2 heterocycles. The van der Waals surface area contributed by atoms with E-state index >= 15 is 0 Å². The Hall–Kier alpha value is -1.85. The molecule has 96 valence electrons. The van der Waals surface area contributed by atoms with Gasteiger partial charge in [0.15, 0.2) is 5.75 Å². The lowest BCUT2D eigenvalue weighted by Crippen LogP contribution is -2.22. The zero-order chi connectivity index (χ0) is 12.8. The number of ether oxygens (including phenoxy) is 1. The number of rotatable bonds is 3. The average molecular weight is 249 g/mol. The SMILES string of the molecule is COc1ccc([N+](=O)[O-])nc1N1CCC2(CC2)C1. The van der Waals surface area contributed by atoms with Crippen molar-refractivity contribution in [3.05, 3.63) is 22.2 Å². The molecule has 1 spiro atoms. The topological polar surface area (TPSA) is 68.5 Å². The zero-order valence-electron chi connectivity index (χ0n) is 10.3. The molecule has 1 saturated heterocycles. The van der Waals surface area contributed by atoms with Gasteiger partial charge in [-0.15, -0.1) is 0 Å². The van der Waals surface area contributed by atoms with E-state index in [0.717, 1.165) is 19.5 Å². The predicted molar refractivity (Wildman–Crippen MR) is 65.9 cm³/mol. The molecule has 0 radical (unpaired) electrons. The van der Waals surface area contributed by atoms with Crippen molar-refractivity contribution in [3.63, 3.8) is 0 Å². The highest BCUT2D eigenvalue weighted by Gasteiger charge is 2.49. The maximum Gasteiger partial charge on any atom is 0.366 e. The van der Waals surface area contributed by atoms with Crippen LogP contribution in [0.3, 0.4) is 0 Å². The third-order valence-corrected chi connectivity index (χ3v) is 3.93. The van der Waals surface area contributed by atoms with Crippen molar-refractivity contribution in [1.82, 2.24) is 4.98 Å². The fourth-order valence-corrected chi connectivity index (χ4v) is 2.61. The number of methoxy groups -OCH3 is 1. The van der Waals surface area contributed by atoms with E-state index in [2.05, 4.69) is 9.88 Å². The van der Waals surface area contributed by atoms with E-state index < -0.39 is 4.92 Å². The lowest BCUT2D eigenvalue weighted by molar-refractivity contribution is -0.389. The van der Waals surface area contributed by atoms with Crippen LogP contribution in [-0.4, -0.2) is 30.1 Å². The Morgan fingerprint density at radius 2 is 2.22 bits per heavy atom. The van der Waals surface area contributed by atoms with Crippen LogP contribution in [0.4, 0.5) is 11.6 Å². The first-order valence-corrected chi connectivity index (χ1v) is 6.08. The Balaban J connectivity index is 1.93. The van der Waals surface area contributed by atoms with Gasteiger partial charge in [-0.3, -0.25) is 0 Å². The van der Waals surface area contributed by atoms with E-state index in [1.165, 1.54) is 18.9 Å². The first-order valence-electron chi connectivity index (χ1n) is 6.08. The minimum Gasteiger partial charge on any atom is -0.491 e. The van der Waals surface area contributed by atoms with Crippen LogP contribution >= 0.6 is 0 Å². The van der Waals surface area contributed by atoms with E-state index in [1.54, 1.807) is 13.2 Å². The van der Waals surface area contributed by atoms with Crippen molar-refractivity contribution in [3.8, 4) is 5.75 Å². The maximum atomic E-state index is 10.8. The molecule has 0 atom stereocenters. The van der Waals surface area contributed by atoms with Crippen LogP contribution in [0, 0.1) is 15.5 Å². The Labute approximate surface area is 105 Å². The van der Waals surface area contributed by atoms with Crippen LogP contribution < -0.4 is 9.64 Å². The molecule has 6 nitrogen and oxygen atoms in total. The van der Waals surface area contributed by atoms with Gasteiger partial charge in [-0.05, 0) is 40.7 Å². The van der Waals surface area contributed by atoms with Crippen LogP contribution in [0.2, 0.25) is 0 Å². The summed E-state index contributed by atoms with van der Waals surface area (Å²) in [7, 11) is 1.56. The van der Waals surface area contributed by atoms with Crippen molar-refractivity contribution in [1.29, 1.82) is 0 Å². The summed E-state index contributed by atoms with van der Waals surface area (Å²) in [5, 5.41) is 10.8. The lowest BCUT2D eigenvalue weighted by Gasteiger charge is -2.16. The standard InChI is InChI=1S/C12H15N3O3/c1-18-9-2-3-10(15(16)17)13-11(9)14-7-6-12(8-14)4-5-12/h2-3H,4-8H2,1H3. The van der Waals surface area contributed by atoms with Crippen molar-refractivity contribution in [2.45, 2.75) is 19.3 Å². The van der Waals surface area contributed by atoms with E-state index in [4.69, 9.17) is 4.74 Å². The van der Waals surface area contributed by atoms with Crippen molar-refractivity contribution in [2.75, 3.05) is 25.1 Å². The summed E-state index contributed by atoms with van der Waals surface area (Å²) < 4.78 is 5.25. The summed E-state index contributed by atoms with van der Waals surface area (Å²) in [6.45, 7) is 1.85. The molecule has 0 bridgehead atoms. The molecule has 2 fully saturated rings. The number of anilines is 1. The molecule has 0 unspecified atom stereocenters. The maximum absolute atomic E-state index is 10.8. The summed E-state index contributed by atoms with van der Waals surface area (Å²) in [6.07, 6.45) is 3.68. The van der Waals surface area contributed by atoms with E-state index in [-0.39, 0.29) is 5.82 Å². The second-order valence-electron chi connectivity index (χ2n) is 5.12. The quantitative estimate of drug-likeness (QED) is 0.605. The Bertz CT molecular complexity index is 499. The zero-order valence-corrected chi connectivity index (χ0v) is 10.3. The van der Waals surface area contributed by atoms with E-state index in [0.29, 0.717) is 17.0 Å². The molecular formula is C12H15N3O3. The van der Waals surface area contributed by atoms with Gasteiger partial charge in [-0.25, -0.2) is 0 Å². The van der Waals surface area contributed by atoms with Crippen molar-refractivity contribution in [2.24, 2.45) is 5.41 Å². The minimum absolute atomic E-state index is 0.123. The minimum atomic E-state index is -0.466. The number of hydrogen-bond acceptors (Lipinski definition) is 5. The fourth-order valence-electron chi connectivity index (χ4n) is 2.61. The molecule has 18 heavy (non-hydrogen) atoms. The Morgan fingerprint density at radius 1 is 1.44 bits per heavy atom. The largest absolute Gasteiger partial charge is 0.491 e. The fraction of sp³-hybridized carbons (Fsp3) is 0.583. The second-order valence-corrected chi connectivity index (χ2v) is 5.12. The first-order chi connectivity index (χ1) is 8.63. The van der Waals surface area contributed by atoms with E-state index in [9.17, 15) is 10.1 Å². The van der Waals surface area contributed by atoms with Crippen LogP contribution in [0.15, 0.2) is 12.1 Å². The lowest BCUT2D eigenvalue weighted by atomic mass is 10.1. The number of nitro groups is 1. The summed E-state index contributed by atoms with van der Waals surface area (Å²) in [6, 6.07) is 3.00. The highest BCUT2D eigenvalue weighted by molar-refractivity contribution is 5.56. The van der Waals surface area contributed by atoms with Crippen LogP contribution in [0.5, 0.6) is 5.75 Å². The third kappa shape index (κ3) is 1.77. The molecule has 1 aromatic rings. The molecule has 0 aromatic carbocycles. The van der Waals surface area contributed by atoms with Gasteiger partial charge >= 0.3 is 5.82 Å². The normalized spacial score (nSPS) is 20.2. The summed E-state index contributed by atoms with van der Waals surface area (Å²) in [5.41, 5.74) is 0.456. The molecule has 1 aliphatic heterocycles. The van der Waals surface area contributed by atoms with Gasteiger partial charge in [0.1, 0.15) is 0 Å². The van der Waals surface area contributed by atoms with Crippen LogP contribution in [0.1, 0.15) is 19.3 Å². The summed E-state index contributed by atoms with van der Waals surface area (Å²) >= 11 is 0. The van der Waals surface area contributed by atoms with Gasteiger partial charge in [0.25, 0.3) is 5.82 Å². The molecule has 3 rings (SSSR count). The molecule has 0 N–H and O–H groups in total. The number of nitrogens with zero attached hydrogens (tertiary/aromatic N) is 3. The van der Waals surface area contributed by atoms with Crippen LogP contribution in [-0.2, 0) is 0 Å². The monoisotopic (exact) mass is 249 g/mol. The number of aromatic nitrogens is 1. The van der Waals surface area contributed by atoms with Gasteiger partial charge in [0.2, 0.25) is 0 Å². The molecule has 1 saturated carbocycles. The molecular weight excluding hydrogens is 234 g/mol. The molecule has 1 aromatic heterocycles. The predicted octanol–water partition coefficient (Wildman–Crippen LogP) is 1.99. The Kier molecular flexibility index (Phi) is 2.39. The summed E-state index contributed by atoms with van der Waals surface area (Å²) in [5.74, 6) is 1.09. The van der Waals surface area contributed by atoms with Gasteiger partial charge in [-0.2, -0.15) is 0 Å². The highest BCUT2D eigenvalue weighted by Crippen LogP contribution is 2.53. The highest BCUT2D eigenvalue weighted by atomic mass is 16.6. The van der Waals surface area contributed by atoms with Crippen molar-refractivity contribution < 1.29 is 9.66 Å². The average Bonchev–Trinajstić information content (AvgIpc) is 2.99. The molecule has 1 aliphatic carbocycles. The Morgan fingerprint density at radius 3 is 2.78 bits per heavy atom. The van der Waals surface area contributed by atoms with Crippen molar-refractivity contribution >= 4 is 11.6 Å². The van der Waals surface area contributed by atoms with E-state index in [1.807, 2.05) is 0 Å². The van der Waals surface area contributed by atoms with Gasteiger partial charge in [0.05, 0.1) is 7.11 Å². The number of hydrogen-bond donors (Lipinski definition) is 0. The first kappa shape index (κ1) is 11.3. The van der Waals surface area contributed by atoms with Gasteiger partial charge in [-0.1, -0.05) is 0 Å². The molecule has 2 aliphatic rings. The number of pyridine rings is 1. The second kappa shape index (κ2) is 3.83. The molecule has 6 heteroatoms.